The minimum absolute atomic E-state index is 0.248. The molecule has 0 aromatic heterocycles. The van der Waals surface area contributed by atoms with Crippen LogP contribution in [0, 0.1) is 17.8 Å². The van der Waals surface area contributed by atoms with Crippen molar-refractivity contribution in [2.45, 2.75) is 31.7 Å². The molecule has 13 heavy (non-hydrogen) atoms. The summed E-state index contributed by atoms with van der Waals surface area (Å²) in [5.74, 6) is 1.45. The molecule has 2 N–H and O–H groups in total. The molecule has 0 radical (unpaired) electrons. The van der Waals surface area contributed by atoms with Gasteiger partial charge in [-0.15, -0.1) is 6.58 Å². The normalized spacial score (nSPS) is 47.1. The van der Waals surface area contributed by atoms with E-state index in [9.17, 15) is 4.79 Å². The van der Waals surface area contributed by atoms with Gasteiger partial charge in [-0.05, 0) is 18.8 Å². The van der Waals surface area contributed by atoms with Gasteiger partial charge in [0.1, 0.15) is 0 Å². The van der Waals surface area contributed by atoms with E-state index in [1.165, 1.54) is 0 Å². The van der Waals surface area contributed by atoms with E-state index in [2.05, 4.69) is 13.5 Å². The summed E-state index contributed by atoms with van der Waals surface area (Å²) >= 11 is 0. The molecule has 0 spiro atoms. The zero-order chi connectivity index (χ0) is 9.64. The molecule has 2 fully saturated rings. The molecule has 2 saturated carbocycles. The lowest BCUT2D eigenvalue weighted by molar-refractivity contribution is -0.122. The molecule has 2 aliphatic carbocycles. The van der Waals surface area contributed by atoms with Crippen molar-refractivity contribution in [3.8, 4) is 0 Å². The topological polar surface area (TPSA) is 43.1 Å². The third-order valence-corrected chi connectivity index (χ3v) is 3.59. The van der Waals surface area contributed by atoms with Crippen molar-refractivity contribution >= 4 is 5.78 Å². The molecular weight excluding hydrogens is 162 g/mol. The first-order chi connectivity index (χ1) is 6.13. The highest BCUT2D eigenvalue weighted by molar-refractivity contribution is 5.96. The van der Waals surface area contributed by atoms with E-state index in [1.807, 2.05) is 6.08 Å². The summed E-state index contributed by atoms with van der Waals surface area (Å²) in [6.07, 6.45) is 4.83. The minimum atomic E-state index is -0.518. The Morgan fingerprint density at radius 2 is 2.46 bits per heavy atom. The van der Waals surface area contributed by atoms with E-state index >= 15 is 0 Å². The highest BCUT2D eigenvalue weighted by Gasteiger charge is 2.60. The molecule has 0 aliphatic heterocycles. The van der Waals surface area contributed by atoms with E-state index < -0.39 is 5.54 Å². The number of carbonyl (C=O) groups is 1. The largest absolute Gasteiger partial charge is 0.318 e. The second-order valence-electron chi connectivity index (χ2n) is 4.46. The average Bonchev–Trinajstić information content (AvgIpc) is 2.98. The lowest BCUT2D eigenvalue weighted by Gasteiger charge is -2.07. The Balaban J connectivity index is 1.96. The first kappa shape index (κ1) is 8.95. The minimum Gasteiger partial charge on any atom is -0.318 e. The number of rotatable bonds is 4. The zero-order valence-electron chi connectivity index (χ0n) is 8.12. The smallest absolute Gasteiger partial charge is 0.156 e. The molecule has 0 heterocycles. The monoisotopic (exact) mass is 179 g/mol. The van der Waals surface area contributed by atoms with Crippen molar-refractivity contribution in [1.29, 1.82) is 0 Å². The molecule has 0 aromatic rings. The van der Waals surface area contributed by atoms with Crippen LogP contribution < -0.4 is 5.73 Å². The average molecular weight is 179 g/mol. The van der Waals surface area contributed by atoms with Crippen molar-refractivity contribution in [3.05, 3.63) is 12.7 Å². The van der Waals surface area contributed by atoms with Gasteiger partial charge in [-0.3, -0.25) is 4.79 Å². The molecule has 4 atom stereocenters. The molecule has 2 rings (SSSR count). The van der Waals surface area contributed by atoms with Crippen LogP contribution in [0.15, 0.2) is 12.7 Å². The quantitative estimate of drug-likeness (QED) is 0.665. The lowest BCUT2D eigenvalue weighted by atomic mass is 10.0. The molecule has 0 aromatic carbocycles. The number of nitrogens with two attached hydrogens (primary N) is 1. The number of ketones is 1. The summed E-state index contributed by atoms with van der Waals surface area (Å²) in [4.78, 5) is 11.9. The van der Waals surface area contributed by atoms with Gasteiger partial charge in [0.05, 0.1) is 5.54 Å². The fourth-order valence-corrected chi connectivity index (χ4v) is 2.25. The molecule has 2 aliphatic rings. The van der Waals surface area contributed by atoms with Gasteiger partial charge in [0.2, 0.25) is 0 Å². The van der Waals surface area contributed by atoms with Gasteiger partial charge in [0.25, 0.3) is 0 Å². The maximum Gasteiger partial charge on any atom is 0.156 e. The number of carbonyl (C=O) groups excluding carboxylic acids is 1. The molecule has 2 nitrogen and oxygen atoms in total. The summed E-state index contributed by atoms with van der Waals surface area (Å²) in [5.41, 5.74) is 5.46. The fourth-order valence-electron chi connectivity index (χ4n) is 2.25. The Hall–Kier alpha value is -0.630. The number of hydrogen-bond donors (Lipinski definition) is 1. The van der Waals surface area contributed by atoms with E-state index in [0.29, 0.717) is 11.7 Å². The van der Waals surface area contributed by atoms with Crippen molar-refractivity contribution in [2.75, 3.05) is 0 Å². The van der Waals surface area contributed by atoms with E-state index in [-0.39, 0.29) is 11.8 Å². The molecular formula is C11H17NO. The SMILES string of the molecule is C=CC1CC1(N)C(=O)C1C[C@H]1CC. The Labute approximate surface area is 79.2 Å². The van der Waals surface area contributed by atoms with Gasteiger partial charge < -0.3 is 5.73 Å². The van der Waals surface area contributed by atoms with E-state index in [1.54, 1.807) is 0 Å². The van der Waals surface area contributed by atoms with Crippen LogP contribution in [0.3, 0.4) is 0 Å². The van der Waals surface area contributed by atoms with Crippen LogP contribution in [0.5, 0.6) is 0 Å². The summed E-state index contributed by atoms with van der Waals surface area (Å²) in [6.45, 7) is 5.83. The predicted octanol–water partition coefficient (Wildman–Crippen LogP) is 1.50. The second kappa shape index (κ2) is 2.68. The molecule has 2 heteroatoms. The van der Waals surface area contributed by atoms with Gasteiger partial charge in [0, 0.05) is 11.8 Å². The highest BCUT2D eigenvalue weighted by atomic mass is 16.1. The standard InChI is InChI=1S/C11H17NO/c1-3-7-5-9(7)10(13)11(12)6-8(11)4-2/h4,7-9H,2-3,5-6,12H2,1H3/t7-,8?,9?,11?/m1/s1. The fraction of sp³-hybridized carbons (Fsp3) is 0.727. The van der Waals surface area contributed by atoms with Gasteiger partial charge in [-0.2, -0.15) is 0 Å². The Morgan fingerprint density at radius 3 is 2.85 bits per heavy atom. The Kier molecular flexibility index (Phi) is 1.84. The van der Waals surface area contributed by atoms with Crippen molar-refractivity contribution in [2.24, 2.45) is 23.5 Å². The van der Waals surface area contributed by atoms with Crippen molar-refractivity contribution in [3.63, 3.8) is 0 Å². The van der Waals surface area contributed by atoms with Crippen LogP contribution in [-0.4, -0.2) is 11.3 Å². The third-order valence-electron chi connectivity index (χ3n) is 3.59. The summed E-state index contributed by atoms with van der Waals surface area (Å²) in [6, 6.07) is 0. The van der Waals surface area contributed by atoms with Crippen LogP contribution in [0.25, 0.3) is 0 Å². The maximum absolute atomic E-state index is 11.9. The number of Topliss-reactive ketones (excluding diaryl/α,β-unsaturated/α-hetero) is 1. The first-order valence-electron chi connectivity index (χ1n) is 5.09. The van der Waals surface area contributed by atoms with Crippen molar-refractivity contribution in [1.82, 2.24) is 0 Å². The summed E-state index contributed by atoms with van der Waals surface area (Å²) in [7, 11) is 0. The van der Waals surface area contributed by atoms with E-state index in [4.69, 9.17) is 5.73 Å². The van der Waals surface area contributed by atoms with Gasteiger partial charge in [-0.25, -0.2) is 0 Å². The Bertz CT molecular complexity index is 261. The van der Waals surface area contributed by atoms with E-state index in [0.717, 1.165) is 19.3 Å². The van der Waals surface area contributed by atoms with Crippen LogP contribution in [0.2, 0.25) is 0 Å². The van der Waals surface area contributed by atoms with Gasteiger partial charge in [-0.1, -0.05) is 19.4 Å². The Morgan fingerprint density at radius 1 is 1.77 bits per heavy atom. The van der Waals surface area contributed by atoms with Crippen LogP contribution in [-0.2, 0) is 4.79 Å². The van der Waals surface area contributed by atoms with Crippen LogP contribution in [0.4, 0.5) is 0 Å². The molecule has 72 valence electrons. The third kappa shape index (κ3) is 1.24. The lowest BCUT2D eigenvalue weighted by Crippen LogP contribution is -2.36. The first-order valence-corrected chi connectivity index (χ1v) is 5.09. The summed E-state index contributed by atoms with van der Waals surface area (Å²) in [5, 5.41) is 0. The molecule has 0 bridgehead atoms. The molecule has 3 unspecified atom stereocenters. The number of hydrogen-bond acceptors (Lipinski definition) is 2. The van der Waals surface area contributed by atoms with Gasteiger partial charge in [0.15, 0.2) is 5.78 Å². The second-order valence-corrected chi connectivity index (χ2v) is 4.46. The summed E-state index contributed by atoms with van der Waals surface area (Å²) < 4.78 is 0. The van der Waals surface area contributed by atoms with Crippen molar-refractivity contribution < 1.29 is 4.79 Å². The molecule has 0 saturated heterocycles. The predicted molar refractivity (Wildman–Crippen MR) is 52.1 cm³/mol. The maximum atomic E-state index is 11.9. The van der Waals surface area contributed by atoms with Gasteiger partial charge >= 0.3 is 0 Å². The zero-order valence-corrected chi connectivity index (χ0v) is 8.12. The van der Waals surface area contributed by atoms with Crippen LogP contribution >= 0.6 is 0 Å². The van der Waals surface area contributed by atoms with Crippen LogP contribution in [0.1, 0.15) is 26.2 Å². The molecule has 0 amide bonds. The highest BCUT2D eigenvalue weighted by Crippen LogP contribution is 2.51.